The molecule has 1 heterocycles. The van der Waals surface area contributed by atoms with E-state index in [1.807, 2.05) is 0 Å². The predicted molar refractivity (Wildman–Crippen MR) is 46.9 cm³/mol. The van der Waals surface area contributed by atoms with Crippen molar-refractivity contribution < 1.29 is 13.9 Å². The van der Waals surface area contributed by atoms with Crippen LogP contribution in [0.1, 0.15) is 25.7 Å². The molecule has 0 aromatic carbocycles. The molecule has 1 unspecified atom stereocenters. The zero-order chi connectivity index (χ0) is 9.90. The molecule has 1 fully saturated rings. The smallest absolute Gasteiger partial charge is 0.265 e. The first-order valence-electron chi connectivity index (χ1n) is 4.77. The van der Waals surface area contributed by atoms with Crippen LogP contribution in [0.25, 0.3) is 0 Å². The Morgan fingerprint density at radius 1 is 1.46 bits per heavy atom. The molecule has 0 amide bonds. The minimum Gasteiger partial charge on any atom is -0.396 e. The van der Waals surface area contributed by atoms with Crippen molar-refractivity contribution in [2.45, 2.75) is 37.6 Å². The maximum absolute atomic E-state index is 13.4. The molecule has 0 aromatic heterocycles. The lowest BCUT2D eigenvalue weighted by Crippen LogP contribution is -2.48. The highest BCUT2D eigenvalue weighted by Gasteiger charge is 2.41. The van der Waals surface area contributed by atoms with Crippen LogP contribution in [0.2, 0.25) is 0 Å². The number of rotatable bonds is 3. The first-order valence-corrected chi connectivity index (χ1v) is 4.77. The van der Waals surface area contributed by atoms with Gasteiger partial charge in [-0.15, -0.1) is 0 Å². The average Bonchev–Trinajstić information content (AvgIpc) is 2.04. The Balaban J connectivity index is 2.56. The summed E-state index contributed by atoms with van der Waals surface area (Å²) < 4.78 is 26.7. The number of nitrogens with zero attached hydrogens (tertiary/aromatic N) is 1. The molecule has 2 nitrogen and oxygen atoms in total. The molecule has 1 rings (SSSR count). The second-order valence-electron chi connectivity index (χ2n) is 3.73. The molecule has 1 aliphatic heterocycles. The van der Waals surface area contributed by atoms with E-state index < -0.39 is 25.0 Å². The van der Waals surface area contributed by atoms with Gasteiger partial charge >= 0.3 is 0 Å². The number of piperidine rings is 1. The maximum atomic E-state index is 13.4. The zero-order valence-electron chi connectivity index (χ0n) is 7.97. The minimum absolute atomic E-state index is 0.415. The van der Waals surface area contributed by atoms with E-state index in [1.54, 1.807) is 11.9 Å². The third kappa shape index (κ3) is 2.61. The van der Waals surface area contributed by atoms with Crippen LogP contribution in [-0.4, -0.2) is 42.2 Å². The highest BCUT2D eigenvalue weighted by molar-refractivity contribution is 4.86. The predicted octanol–water partition coefficient (Wildman–Crippen LogP) is 1.49. The fourth-order valence-electron chi connectivity index (χ4n) is 1.92. The number of alkyl halides is 2. The average molecular weight is 193 g/mol. The molecular weight excluding hydrogens is 176 g/mol. The molecule has 1 saturated heterocycles. The fraction of sp³-hybridized carbons (Fsp3) is 1.00. The normalized spacial score (nSPS) is 26.3. The van der Waals surface area contributed by atoms with Crippen molar-refractivity contribution >= 4 is 0 Å². The van der Waals surface area contributed by atoms with Crippen LogP contribution in [0.15, 0.2) is 0 Å². The zero-order valence-corrected chi connectivity index (χ0v) is 7.97. The summed E-state index contributed by atoms with van der Waals surface area (Å²) in [5, 5.41) is 8.52. The maximum Gasteiger partial charge on any atom is 0.265 e. The molecule has 78 valence electrons. The van der Waals surface area contributed by atoms with Gasteiger partial charge in [-0.1, -0.05) is 6.42 Å². The topological polar surface area (TPSA) is 23.5 Å². The summed E-state index contributed by atoms with van der Waals surface area (Å²) in [5.74, 6) is -2.73. The van der Waals surface area contributed by atoms with Crippen LogP contribution in [0, 0.1) is 0 Å². The number of halogens is 2. The fourth-order valence-corrected chi connectivity index (χ4v) is 1.92. The van der Waals surface area contributed by atoms with Gasteiger partial charge in [0.15, 0.2) is 0 Å². The van der Waals surface area contributed by atoms with Gasteiger partial charge in [0.25, 0.3) is 5.92 Å². The van der Waals surface area contributed by atoms with E-state index in [1.165, 1.54) is 0 Å². The van der Waals surface area contributed by atoms with Crippen molar-refractivity contribution in [3.63, 3.8) is 0 Å². The summed E-state index contributed by atoms with van der Waals surface area (Å²) in [6, 6.07) is -0.673. The van der Waals surface area contributed by atoms with Crippen LogP contribution in [0.4, 0.5) is 8.78 Å². The van der Waals surface area contributed by atoms with Crippen LogP contribution >= 0.6 is 0 Å². The second kappa shape index (κ2) is 4.33. The van der Waals surface area contributed by atoms with Crippen LogP contribution in [-0.2, 0) is 0 Å². The quantitative estimate of drug-likeness (QED) is 0.734. The molecule has 0 saturated carbocycles. The Labute approximate surface area is 77.5 Å². The van der Waals surface area contributed by atoms with Gasteiger partial charge in [-0.2, -0.15) is 0 Å². The van der Waals surface area contributed by atoms with Crippen LogP contribution in [0.5, 0.6) is 0 Å². The monoisotopic (exact) mass is 193 g/mol. The highest BCUT2D eigenvalue weighted by atomic mass is 19.3. The van der Waals surface area contributed by atoms with Gasteiger partial charge in [0.2, 0.25) is 0 Å². The van der Waals surface area contributed by atoms with Gasteiger partial charge in [0.05, 0.1) is 6.04 Å². The number of likely N-dealkylation sites (tertiary alicyclic amines) is 1. The lowest BCUT2D eigenvalue weighted by Gasteiger charge is -2.37. The molecule has 13 heavy (non-hydrogen) atoms. The van der Waals surface area contributed by atoms with Gasteiger partial charge in [-0.25, -0.2) is 8.78 Å². The summed E-state index contributed by atoms with van der Waals surface area (Å²) in [7, 11) is 1.73. The van der Waals surface area contributed by atoms with Gasteiger partial charge in [-0.3, -0.25) is 4.90 Å². The minimum atomic E-state index is -2.73. The highest BCUT2D eigenvalue weighted by Crippen LogP contribution is 2.32. The second-order valence-corrected chi connectivity index (χ2v) is 3.73. The van der Waals surface area contributed by atoms with E-state index in [0.717, 1.165) is 19.4 Å². The number of aliphatic hydroxyl groups excluding tert-OH is 1. The summed E-state index contributed by atoms with van der Waals surface area (Å²) in [5.41, 5.74) is 0. The van der Waals surface area contributed by atoms with Crippen molar-refractivity contribution in [2.24, 2.45) is 0 Å². The molecule has 1 atom stereocenters. The lowest BCUT2D eigenvalue weighted by atomic mass is 9.95. The molecule has 0 bridgehead atoms. The van der Waals surface area contributed by atoms with E-state index in [4.69, 9.17) is 5.11 Å². The standard InChI is InChI=1S/C9H17F2NO/c1-12-6-3-2-4-8(12)9(10,11)5-7-13/h8,13H,2-7H2,1H3. The molecular formula is C9H17F2NO. The van der Waals surface area contributed by atoms with Crippen molar-refractivity contribution in [3.8, 4) is 0 Å². The Morgan fingerprint density at radius 2 is 2.15 bits per heavy atom. The van der Waals surface area contributed by atoms with E-state index in [-0.39, 0.29) is 0 Å². The first kappa shape index (κ1) is 10.9. The van der Waals surface area contributed by atoms with Crippen LogP contribution in [0.3, 0.4) is 0 Å². The molecule has 0 aliphatic carbocycles. The van der Waals surface area contributed by atoms with Crippen LogP contribution < -0.4 is 0 Å². The number of hydrogen-bond donors (Lipinski definition) is 1. The number of hydrogen-bond acceptors (Lipinski definition) is 2. The largest absolute Gasteiger partial charge is 0.396 e. The lowest BCUT2D eigenvalue weighted by molar-refractivity contribution is -0.0996. The van der Waals surface area contributed by atoms with Crippen molar-refractivity contribution in [1.29, 1.82) is 0 Å². The first-order chi connectivity index (χ1) is 6.08. The van der Waals surface area contributed by atoms with Crippen molar-refractivity contribution in [2.75, 3.05) is 20.2 Å². The van der Waals surface area contributed by atoms with Gasteiger partial charge in [-0.05, 0) is 26.4 Å². The third-order valence-corrected chi connectivity index (χ3v) is 2.70. The number of aliphatic hydroxyl groups is 1. The van der Waals surface area contributed by atoms with Crippen molar-refractivity contribution in [1.82, 2.24) is 4.90 Å². The van der Waals surface area contributed by atoms with E-state index in [2.05, 4.69) is 0 Å². The Morgan fingerprint density at radius 3 is 2.69 bits per heavy atom. The molecule has 1 N–H and O–H groups in total. The molecule has 0 aromatic rings. The molecule has 0 spiro atoms. The third-order valence-electron chi connectivity index (χ3n) is 2.70. The summed E-state index contributed by atoms with van der Waals surface area (Å²) in [6.07, 6.45) is 2.00. The van der Waals surface area contributed by atoms with Gasteiger partial charge in [0.1, 0.15) is 0 Å². The summed E-state index contributed by atoms with van der Waals surface area (Å²) in [6.45, 7) is 0.309. The summed E-state index contributed by atoms with van der Waals surface area (Å²) >= 11 is 0. The van der Waals surface area contributed by atoms with Gasteiger partial charge in [0, 0.05) is 13.0 Å². The van der Waals surface area contributed by atoms with E-state index in [9.17, 15) is 8.78 Å². The van der Waals surface area contributed by atoms with Gasteiger partial charge < -0.3 is 5.11 Å². The Hall–Kier alpha value is -0.220. The molecule has 4 heteroatoms. The molecule has 0 radical (unpaired) electrons. The Bertz CT molecular complexity index is 164. The molecule has 1 aliphatic rings. The van der Waals surface area contributed by atoms with E-state index in [0.29, 0.717) is 6.42 Å². The SMILES string of the molecule is CN1CCCCC1C(F)(F)CCO. The van der Waals surface area contributed by atoms with E-state index >= 15 is 0 Å². The van der Waals surface area contributed by atoms with Crippen molar-refractivity contribution in [3.05, 3.63) is 0 Å². The summed E-state index contributed by atoms with van der Waals surface area (Å²) in [4.78, 5) is 1.71. The Kier molecular flexibility index (Phi) is 3.62.